The number of furan rings is 2. The summed E-state index contributed by atoms with van der Waals surface area (Å²) in [6.45, 7) is 0. The molecule has 14 aromatic rings. The van der Waals surface area contributed by atoms with Crippen LogP contribution in [-0.2, 0) is 0 Å². The Hall–Kier alpha value is -8.96. The molecule has 4 heteroatoms. The van der Waals surface area contributed by atoms with Crippen LogP contribution in [0.4, 0.5) is 17.1 Å². The van der Waals surface area contributed by atoms with Gasteiger partial charge in [-0.3, -0.25) is 0 Å². The van der Waals surface area contributed by atoms with E-state index >= 15 is 0 Å². The lowest BCUT2D eigenvalue weighted by Gasteiger charge is -2.26. The zero-order valence-electron chi connectivity index (χ0n) is 37.8. The molecule has 70 heavy (non-hydrogen) atoms. The summed E-state index contributed by atoms with van der Waals surface area (Å²) in [5.74, 6) is 0. The highest BCUT2D eigenvalue weighted by atomic mass is 32.1. The summed E-state index contributed by atoms with van der Waals surface area (Å²) < 4.78 is 15.8. The SMILES string of the molecule is c1ccc(-c2ccc(-c3c(-c4ccc5oc6ccccc6c5c4-c4ccc(N(c5ccc(-c6ccccc6)cc5)c5ccc6sc7ccccc7c6c5)cc4)ccc4oc5ccccc5c34)cc2)cc1. The van der Waals surface area contributed by atoms with Crippen LogP contribution in [0.1, 0.15) is 0 Å². The molecule has 0 fully saturated rings. The predicted molar refractivity (Wildman–Crippen MR) is 296 cm³/mol. The molecule has 0 aliphatic rings. The average Bonchev–Trinajstić information content (AvgIpc) is 4.13. The van der Waals surface area contributed by atoms with Crippen LogP contribution >= 0.6 is 11.3 Å². The number of benzene rings is 11. The van der Waals surface area contributed by atoms with E-state index < -0.39 is 0 Å². The minimum Gasteiger partial charge on any atom is -0.456 e. The monoisotopic (exact) mass is 911 g/mol. The Morgan fingerprint density at radius 1 is 0.271 bits per heavy atom. The van der Waals surface area contributed by atoms with Gasteiger partial charge in [-0.25, -0.2) is 0 Å². The first-order valence-corrected chi connectivity index (χ1v) is 24.5. The minimum absolute atomic E-state index is 0.851. The Bertz CT molecular complexity index is 4260. The van der Waals surface area contributed by atoms with Gasteiger partial charge < -0.3 is 13.7 Å². The van der Waals surface area contributed by atoms with Crippen LogP contribution in [0, 0.1) is 0 Å². The van der Waals surface area contributed by atoms with Gasteiger partial charge in [0.1, 0.15) is 22.3 Å². The molecule has 0 saturated heterocycles. The van der Waals surface area contributed by atoms with E-state index in [1.165, 1.54) is 42.4 Å². The molecular weight excluding hydrogens is 871 g/mol. The summed E-state index contributed by atoms with van der Waals surface area (Å²) in [4.78, 5) is 2.38. The molecule has 0 saturated carbocycles. The Morgan fingerprint density at radius 3 is 1.21 bits per heavy atom. The van der Waals surface area contributed by atoms with E-state index in [4.69, 9.17) is 8.83 Å². The van der Waals surface area contributed by atoms with Crippen LogP contribution < -0.4 is 4.90 Å². The lowest BCUT2D eigenvalue weighted by atomic mass is 9.85. The highest BCUT2D eigenvalue weighted by Gasteiger charge is 2.24. The Balaban J connectivity index is 0.974. The Labute approximate surface area is 408 Å². The zero-order valence-corrected chi connectivity index (χ0v) is 38.7. The van der Waals surface area contributed by atoms with Crippen molar-refractivity contribution in [3.8, 4) is 55.6 Å². The number of anilines is 3. The Morgan fingerprint density at radius 2 is 0.671 bits per heavy atom. The van der Waals surface area contributed by atoms with E-state index in [-0.39, 0.29) is 0 Å². The second kappa shape index (κ2) is 16.4. The van der Waals surface area contributed by atoms with E-state index in [0.717, 1.165) is 94.3 Å². The normalized spacial score (nSPS) is 11.7. The van der Waals surface area contributed by atoms with Gasteiger partial charge in [0.25, 0.3) is 0 Å². The number of fused-ring (bicyclic) bond motifs is 9. The van der Waals surface area contributed by atoms with Crippen molar-refractivity contribution in [2.75, 3.05) is 4.90 Å². The van der Waals surface area contributed by atoms with Gasteiger partial charge in [-0.15, -0.1) is 11.3 Å². The molecule has 0 radical (unpaired) electrons. The number of para-hydroxylation sites is 2. The summed E-state index contributed by atoms with van der Waals surface area (Å²) in [6, 6.07) is 89.4. The molecule has 3 heterocycles. The van der Waals surface area contributed by atoms with Crippen molar-refractivity contribution in [1.29, 1.82) is 0 Å². The van der Waals surface area contributed by atoms with E-state index in [1.54, 1.807) is 0 Å². The maximum Gasteiger partial charge on any atom is 0.136 e. The van der Waals surface area contributed by atoms with Gasteiger partial charge in [-0.05, 0) is 129 Å². The molecule has 3 aromatic heterocycles. The van der Waals surface area contributed by atoms with Crippen molar-refractivity contribution in [2.24, 2.45) is 0 Å². The molecule has 3 nitrogen and oxygen atoms in total. The first-order valence-electron chi connectivity index (χ1n) is 23.7. The fourth-order valence-corrected chi connectivity index (χ4v) is 11.7. The second-order valence-corrected chi connectivity index (χ2v) is 19.0. The van der Waals surface area contributed by atoms with Crippen LogP contribution in [0.2, 0.25) is 0 Å². The predicted octanol–water partition coefficient (Wildman–Crippen LogP) is 19.7. The number of nitrogens with zero attached hydrogens (tertiary/aromatic N) is 1. The van der Waals surface area contributed by atoms with Crippen LogP contribution in [0.25, 0.3) is 120 Å². The summed E-state index contributed by atoms with van der Waals surface area (Å²) in [5, 5.41) is 6.90. The maximum atomic E-state index is 6.65. The zero-order chi connectivity index (χ0) is 46.1. The number of thiophene rings is 1. The van der Waals surface area contributed by atoms with Gasteiger partial charge in [0.05, 0.1) is 0 Å². The average molecular weight is 912 g/mol. The van der Waals surface area contributed by atoms with Crippen LogP contribution in [0.5, 0.6) is 0 Å². The molecule has 11 aromatic carbocycles. The minimum atomic E-state index is 0.851. The van der Waals surface area contributed by atoms with Gasteiger partial charge in [0, 0.05) is 69.9 Å². The topological polar surface area (TPSA) is 29.5 Å². The van der Waals surface area contributed by atoms with Gasteiger partial charge in [0.15, 0.2) is 0 Å². The third-order valence-corrected chi connectivity index (χ3v) is 15.1. The van der Waals surface area contributed by atoms with Crippen molar-refractivity contribution in [3.63, 3.8) is 0 Å². The summed E-state index contributed by atoms with van der Waals surface area (Å²) in [6.07, 6.45) is 0. The molecule has 0 amide bonds. The van der Waals surface area contributed by atoms with Crippen LogP contribution in [0.3, 0.4) is 0 Å². The molecule has 0 N–H and O–H groups in total. The van der Waals surface area contributed by atoms with Crippen molar-refractivity contribution in [1.82, 2.24) is 0 Å². The smallest absolute Gasteiger partial charge is 0.136 e. The van der Waals surface area contributed by atoms with E-state index in [2.05, 4.69) is 241 Å². The second-order valence-electron chi connectivity index (χ2n) is 17.9. The molecule has 0 spiro atoms. The third kappa shape index (κ3) is 6.64. The summed E-state index contributed by atoms with van der Waals surface area (Å²) >= 11 is 1.84. The van der Waals surface area contributed by atoms with Crippen LogP contribution in [-0.4, -0.2) is 0 Å². The van der Waals surface area contributed by atoms with Gasteiger partial charge >= 0.3 is 0 Å². The first kappa shape index (κ1) is 40.1. The molecule has 0 bridgehead atoms. The largest absolute Gasteiger partial charge is 0.456 e. The molecule has 14 rings (SSSR count). The molecule has 0 aliphatic carbocycles. The number of hydrogen-bond donors (Lipinski definition) is 0. The maximum absolute atomic E-state index is 6.65. The fraction of sp³-hybridized carbons (Fsp3) is 0. The van der Waals surface area contributed by atoms with Gasteiger partial charge in [-0.2, -0.15) is 0 Å². The van der Waals surface area contributed by atoms with Crippen LogP contribution in [0.15, 0.2) is 258 Å². The third-order valence-electron chi connectivity index (χ3n) is 13.9. The van der Waals surface area contributed by atoms with Gasteiger partial charge in [0.2, 0.25) is 0 Å². The van der Waals surface area contributed by atoms with Crippen molar-refractivity contribution in [3.05, 3.63) is 249 Å². The molecule has 328 valence electrons. The molecule has 0 aliphatic heterocycles. The number of hydrogen-bond acceptors (Lipinski definition) is 4. The Kier molecular flexibility index (Phi) is 9.39. The van der Waals surface area contributed by atoms with Crippen molar-refractivity contribution >= 4 is 92.4 Å². The quantitative estimate of drug-likeness (QED) is 0.152. The standard InChI is InChI=1S/C66H41NO2S/c1-3-13-42(14-4-1)44-23-25-46(26-24-44)63-52(36-38-59-65(63)54-18-7-10-20-57(54)68-59)53-37-39-60-66(55-19-8-11-21-58(55)69-60)64(53)47-29-33-49(34-30-47)67(48-31-27-45(28-32-48)43-15-5-2-6-16-43)50-35-40-62-56(41-50)51-17-9-12-22-61(51)70-62/h1-41H. The van der Waals surface area contributed by atoms with E-state index in [9.17, 15) is 0 Å². The highest BCUT2D eigenvalue weighted by Crippen LogP contribution is 2.50. The van der Waals surface area contributed by atoms with Gasteiger partial charge in [-0.1, -0.05) is 164 Å². The summed E-state index contributed by atoms with van der Waals surface area (Å²) in [5.41, 5.74) is 18.1. The first-order chi connectivity index (χ1) is 34.7. The van der Waals surface area contributed by atoms with Crippen molar-refractivity contribution in [2.45, 2.75) is 0 Å². The number of rotatable bonds is 8. The molecular formula is C66H41NO2S. The fourth-order valence-electron chi connectivity index (χ4n) is 10.7. The lowest BCUT2D eigenvalue weighted by molar-refractivity contribution is 0.668. The van der Waals surface area contributed by atoms with E-state index in [0.29, 0.717) is 0 Å². The van der Waals surface area contributed by atoms with E-state index in [1.807, 2.05) is 23.5 Å². The highest BCUT2D eigenvalue weighted by molar-refractivity contribution is 7.25. The lowest BCUT2D eigenvalue weighted by Crippen LogP contribution is -2.09. The molecule has 0 unspecified atom stereocenters. The van der Waals surface area contributed by atoms with Crippen molar-refractivity contribution < 1.29 is 8.83 Å². The molecule has 0 atom stereocenters. The summed E-state index contributed by atoms with van der Waals surface area (Å²) in [7, 11) is 0.